The molecule has 1 heterocycles. The Morgan fingerprint density at radius 1 is 1.48 bits per heavy atom. The Labute approximate surface area is 129 Å². The molecule has 1 aromatic heterocycles. The van der Waals surface area contributed by atoms with Crippen LogP contribution in [0, 0.1) is 17.0 Å². The summed E-state index contributed by atoms with van der Waals surface area (Å²) in [5.41, 5.74) is 0.939. The summed E-state index contributed by atoms with van der Waals surface area (Å²) < 4.78 is 7.73. The standard InChI is InChI=1S/C14H13BrN2O4/c1-9-5-11(15)6-12(17(19)20)14(9)21-8-13(18)10-3-4-16(2)7-10/h3-7H,8H2,1-2H3. The maximum atomic E-state index is 12.0. The van der Waals surface area contributed by atoms with Crippen molar-refractivity contribution in [3.05, 3.63) is 56.3 Å². The van der Waals surface area contributed by atoms with Gasteiger partial charge in [0, 0.05) is 35.5 Å². The zero-order valence-electron chi connectivity index (χ0n) is 11.5. The number of aromatic nitrogens is 1. The van der Waals surface area contributed by atoms with Crippen LogP contribution in [0.4, 0.5) is 5.69 Å². The molecule has 0 aliphatic carbocycles. The molecule has 0 aliphatic rings. The number of hydrogen-bond donors (Lipinski definition) is 0. The SMILES string of the molecule is Cc1cc(Br)cc([N+](=O)[O-])c1OCC(=O)c1ccn(C)c1. The predicted molar refractivity (Wildman–Crippen MR) is 80.8 cm³/mol. The summed E-state index contributed by atoms with van der Waals surface area (Å²) in [6.45, 7) is 1.45. The van der Waals surface area contributed by atoms with E-state index in [1.165, 1.54) is 6.07 Å². The Morgan fingerprint density at radius 2 is 2.19 bits per heavy atom. The molecule has 2 aromatic rings. The molecule has 2 rings (SSSR count). The van der Waals surface area contributed by atoms with E-state index >= 15 is 0 Å². The van der Waals surface area contributed by atoms with E-state index in [0.29, 0.717) is 15.6 Å². The predicted octanol–water partition coefficient (Wildman–Crippen LogP) is 3.27. The number of rotatable bonds is 5. The molecule has 6 nitrogen and oxygen atoms in total. The number of carbonyl (C=O) groups is 1. The lowest BCUT2D eigenvalue weighted by Gasteiger charge is -2.09. The van der Waals surface area contributed by atoms with Gasteiger partial charge < -0.3 is 9.30 Å². The number of ether oxygens (including phenoxy) is 1. The maximum absolute atomic E-state index is 12.0. The van der Waals surface area contributed by atoms with Crippen molar-refractivity contribution in [3.63, 3.8) is 0 Å². The van der Waals surface area contributed by atoms with Crippen molar-refractivity contribution in [2.75, 3.05) is 6.61 Å². The van der Waals surface area contributed by atoms with E-state index in [0.717, 1.165) is 0 Å². The Bertz CT molecular complexity index is 709. The summed E-state index contributed by atoms with van der Waals surface area (Å²) in [6.07, 6.45) is 3.43. The monoisotopic (exact) mass is 352 g/mol. The van der Waals surface area contributed by atoms with Crippen LogP contribution in [0.25, 0.3) is 0 Å². The summed E-state index contributed by atoms with van der Waals surface area (Å²) in [4.78, 5) is 22.5. The molecule has 0 unspecified atom stereocenters. The molecule has 0 atom stereocenters. The summed E-state index contributed by atoms with van der Waals surface area (Å²) in [6, 6.07) is 4.74. The van der Waals surface area contributed by atoms with E-state index in [4.69, 9.17) is 4.74 Å². The summed E-state index contributed by atoms with van der Waals surface area (Å²) in [7, 11) is 1.81. The minimum Gasteiger partial charge on any atom is -0.478 e. The minimum absolute atomic E-state index is 0.118. The minimum atomic E-state index is -0.528. The molecule has 0 saturated carbocycles. The third-order valence-electron chi connectivity index (χ3n) is 2.92. The van der Waals surface area contributed by atoms with Crippen LogP contribution in [-0.2, 0) is 7.05 Å². The van der Waals surface area contributed by atoms with Crippen molar-refractivity contribution in [3.8, 4) is 5.75 Å². The molecular formula is C14H13BrN2O4. The molecule has 0 aliphatic heterocycles. The molecule has 0 N–H and O–H groups in total. The maximum Gasteiger partial charge on any atom is 0.312 e. The van der Waals surface area contributed by atoms with E-state index in [1.807, 2.05) is 0 Å². The summed E-state index contributed by atoms with van der Waals surface area (Å²) in [5.74, 6) is -0.111. The fourth-order valence-corrected chi connectivity index (χ4v) is 2.49. The lowest BCUT2D eigenvalue weighted by Crippen LogP contribution is -2.12. The number of nitro benzene ring substituents is 1. The number of ketones is 1. The zero-order valence-corrected chi connectivity index (χ0v) is 13.1. The smallest absolute Gasteiger partial charge is 0.312 e. The van der Waals surface area contributed by atoms with Crippen molar-refractivity contribution in [2.24, 2.45) is 7.05 Å². The van der Waals surface area contributed by atoms with Gasteiger partial charge in [0.1, 0.15) is 0 Å². The number of aryl methyl sites for hydroxylation is 2. The highest BCUT2D eigenvalue weighted by molar-refractivity contribution is 9.10. The molecular weight excluding hydrogens is 340 g/mol. The summed E-state index contributed by atoms with van der Waals surface area (Å²) in [5, 5.41) is 11.1. The fourth-order valence-electron chi connectivity index (χ4n) is 1.92. The molecule has 7 heteroatoms. The number of hydrogen-bond acceptors (Lipinski definition) is 4. The second-order valence-corrected chi connectivity index (χ2v) is 5.52. The number of nitrogens with zero attached hydrogens (tertiary/aromatic N) is 2. The second kappa shape index (κ2) is 6.09. The molecule has 0 spiro atoms. The number of benzene rings is 1. The van der Waals surface area contributed by atoms with Crippen LogP contribution in [0.2, 0.25) is 0 Å². The van der Waals surface area contributed by atoms with Crippen molar-refractivity contribution < 1.29 is 14.5 Å². The largest absolute Gasteiger partial charge is 0.478 e. The van der Waals surface area contributed by atoms with E-state index < -0.39 is 4.92 Å². The molecule has 0 radical (unpaired) electrons. The molecule has 21 heavy (non-hydrogen) atoms. The lowest BCUT2D eigenvalue weighted by atomic mass is 10.2. The van der Waals surface area contributed by atoms with Crippen molar-refractivity contribution in [2.45, 2.75) is 6.92 Å². The fraction of sp³-hybridized carbons (Fsp3) is 0.214. The first-order chi connectivity index (χ1) is 9.88. The molecule has 0 amide bonds. The van der Waals surface area contributed by atoms with Gasteiger partial charge in [0.15, 0.2) is 6.61 Å². The van der Waals surface area contributed by atoms with E-state index in [-0.39, 0.29) is 23.8 Å². The quantitative estimate of drug-likeness (QED) is 0.470. The van der Waals surface area contributed by atoms with Crippen LogP contribution < -0.4 is 4.74 Å². The van der Waals surface area contributed by atoms with Crippen LogP contribution in [-0.4, -0.2) is 21.9 Å². The van der Waals surface area contributed by atoms with Crippen LogP contribution in [0.1, 0.15) is 15.9 Å². The first kappa shape index (κ1) is 15.2. The highest BCUT2D eigenvalue weighted by Gasteiger charge is 2.20. The third-order valence-corrected chi connectivity index (χ3v) is 3.38. The van der Waals surface area contributed by atoms with Crippen molar-refractivity contribution >= 4 is 27.4 Å². The summed E-state index contributed by atoms with van der Waals surface area (Å²) >= 11 is 3.21. The van der Waals surface area contributed by atoms with Gasteiger partial charge in [0.2, 0.25) is 11.5 Å². The molecule has 0 fully saturated rings. The Balaban J connectivity index is 2.20. The third kappa shape index (κ3) is 3.49. The van der Waals surface area contributed by atoms with Gasteiger partial charge in [-0.15, -0.1) is 0 Å². The highest BCUT2D eigenvalue weighted by atomic mass is 79.9. The van der Waals surface area contributed by atoms with Gasteiger partial charge in [-0.05, 0) is 24.6 Å². The second-order valence-electron chi connectivity index (χ2n) is 4.61. The average molecular weight is 353 g/mol. The Hall–Kier alpha value is -2.15. The number of nitro groups is 1. The number of halogens is 1. The Morgan fingerprint density at radius 3 is 2.76 bits per heavy atom. The van der Waals surface area contributed by atoms with Gasteiger partial charge in [-0.1, -0.05) is 15.9 Å². The lowest BCUT2D eigenvalue weighted by molar-refractivity contribution is -0.385. The van der Waals surface area contributed by atoms with Crippen molar-refractivity contribution in [1.29, 1.82) is 0 Å². The normalized spacial score (nSPS) is 10.4. The van der Waals surface area contributed by atoms with Gasteiger partial charge in [-0.2, -0.15) is 0 Å². The van der Waals surface area contributed by atoms with Crippen LogP contribution in [0.5, 0.6) is 5.75 Å². The highest BCUT2D eigenvalue weighted by Crippen LogP contribution is 2.34. The Kier molecular flexibility index (Phi) is 4.42. The van der Waals surface area contributed by atoms with Gasteiger partial charge >= 0.3 is 5.69 Å². The van der Waals surface area contributed by atoms with Crippen LogP contribution in [0.15, 0.2) is 35.1 Å². The van der Waals surface area contributed by atoms with Crippen LogP contribution >= 0.6 is 15.9 Å². The average Bonchev–Trinajstić information content (AvgIpc) is 2.83. The van der Waals surface area contributed by atoms with Crippen LogP contribution in [0.3, 0.4) is 0 Å². The number of carbonyl (C=O) groups excluding carboxylic acids is 1. The van der Waals surface area contributed by atoms with Crippen molar-refractivity contribution in [1.82, 2.24) is 4.57 Å². The number of Topliss-reactive ketones (excluding diaryl/α,β-unsaturated/α-hetero) is 1. The first-order valence-corrected chi connectivity index (χ1v) is 6.90. The van der Waals surface area contributed by atoms with E-state index in [9.17, 15) is 14.9 Å². The van der Waals surface area contributed by atoms with Gasteiger partial charge in [0.05, 0.1) is 4.92 Å². The van der Waals surface area contributed by atoms with Gasteiger partial charge in [-0.25, -0.2) is 0 Å². The molecule has 0 saturated heterocycles. The van der Waals surface area contributed by atoms with E-state index in [1.54, 1.807) is 43.1 Å². The molecule has 0 bridgehead atoms. The molecule has 1 aromatic carbocycles. The van der Waals surface area contributed by atoms with E-state index in [2.05, 4.69) is 15.9 Å². The first-order valence-electron chi connectivity index (χ1n) is 6.11. The topological polar surface area (TPSA) is 74.4 Å². The molecule has 110 valence electrons. The van der Waals surface area contributed by atoms with Gasteiger partial charge in [0.25, 0.3) is 0 Å². The zero-order chi connectivity index (χ0) is 15.6. The van der Waals surface area contributed by atoms with Gasteiger partial charge in [-0.3, -0.25) is 14.9 Å².